The number of hydrogen-bond acceptors (Lipinski definition) is 5. The Bertz CT molecular complexity index is 579. The summed E-state index contributed by atoms with van der Waals surface area (Å²) in [6.07, 6.45) is 0.986. The number of benzene rings is 1. The van der Waals surface area contributed by atoms with Crippen LogP contribution in [0.15, 0.2) is 24.3 Å². The average molecular weight is 290 g/mol. The first-order chi connectivity index (χ1) is 9.65. The Balaban J connectivity index is 2.13. The number of carbonyl (C=O) groups excluding carboxylic acids is 1. The van der Waals surface area contributed by atoms with Crippen LogP contribution in [0.1, 0.15) is 29.2 Å². The van der Waals surface area contributed by atoms with Gasteiger partial charge in [0.05, 0.1) is 0 Å². The Labute approximate surface area is 122 Å². The molecule has 5 nitrogen and oxygen atoms in total. The van der Waals surface area contributed by atoms with Crippen LogP contribution in [-0.4, -0.2) is 29.7 Å². The minimum atomic E-state index is -0.143. The summed E-state index contributed by atoms with van der Waals surface area (Å²) in [4.78, 5) is 13.9. The number of aryl methyl sites for hydroxylation is 1. The molecule has 0 radical (unpaired) electrons. The number of amides is 1. The molecule has 20 heavy (non-hydrogen) atoms. The predicted molar refractivity (Wildman–Crippen MR) is 82.6 cm³/mol. The van der Waals surface area contributed by atoms with Crippen molar-refractivity contribution in [3.63, 3.8) is 0 Å². The Kier molecular flexibility index (Phi) is 4.68. The van der Waals surface area contributed by atoms with Gasteiger partial charge in [-0.3, -0.25) is 4.79 Å². The smallest absolute Gasteiger partial charge is 0.289 e. The summed E-state index contributed by atoms with van der Waals surface area (Å²) in [7, 11) is 1.75. The van der Waals surface area contributed by atoms with E-state index in [-0.39, 0.29) is 5.91 Å². The maximum Gasteiger partial charge on any atom is 0.289 e. The Morgan fingerprint density at radius 3 is 2.55 bits per heavy atom. The highest BCUT2D eigenvalue weighted by Crippen LogP contribution is 2.20. The lowest BCUT2D eigenvalue weighted by Crippen LogP contribution is -2.26. The van der Waals surface area contributed by atoms with Crippen molar-refractivity contribution in [1.82, 2.24) is 10.2 Å². The van der Waals surface area contributed by atoms with Gasteiger partial charge in [-0.1, -0.05) is 30.4 Å². The maximum atomic E-state index is 12.3. The fourth-order valence-corrected chi connectivity index (χ4v) is 2.54. The molecule has 1 aromatic carbocycles. The number of carbonyl (C=O) groups is 1. The van der Waals surface area contributed by atoms with Gasteiger partial charge in [-0.25, -0.2) is 0 Å². The number of anilines is 2. The molecule has 2 aromatic rings. The van der Waals surface area contributed by atoms with Gasteiger partial charge in [0.15, 0.2) is 0 Å². The molecule has 0 aliphatic rings. The third kappa shape index (κ3) is 3.14. The first kappa shape index (κ1) is 14.5. The molecule has 0 spiro atoms. The Hall–Kier alpha value is -1.95. The van der Waals surface area contributed by atoms with Crippen LogP contribution in [0.3, 0.4) is 0 Å². The highest BCUT2D eigenvalue weighted by Gasteiger charge is 2.18. The van der Waals surface area contributed by atoms with Crippen molar-refractivity contribution in [3.05, 3.63) is 34.8 Å². The first-order valence-corrected chi connectivity index (χ1v) is 7.41. The van der Waals surface area contributed by atoms with E-state index in [9.17, 15) is 4.79 Å². The molecule has 1 aromatic heterocycles. The monoisotopic (exact) mass is 290 g/mol. The molecule has 0 aliphatic heterocycles. The molecule has 0 bridgehead atoms. The molecular formula is C14H18N4OS. The van der Waals surface area contributed by atoms with Crippen molar-refractivity contribution < 1.29 is 4.79 Å². The van der Waals surface area contributed by atoms with E-state index in [1.165, 1.54) is 16.9 Å². The number of hydrogen-bond donors (Lipinski definition) is 1. The van der Waals surface area contributed by atoms with Crippen LogP contribution < -0.4 is 10.2 Å². The normalized spacial score (nSPS) is 10.3. The van der Waals surface area contributed by atoms with Crippen molar-refractivity contribution >= 4 is 28.1 Å². The van der Waals surface area contributed by atoms with E-state index in [4.69, 9.17) is 0 Å². The van der Waals surface area contributed by atoms with Crippen LogP contribution in [0.5, 0.6) is 0 Å². The number of nitrogens with one attached hydrogen (secondary N) is 1. The molecule has 0 saturated carbocycles. The molecule has 0 saturated heterocycles. The van der Waals surface area contributed by atoms with E-state index >= 15 is 0 Å². The minimum absolute atomic E-state index is 0.143. The van der Waals surface area contributed by atoms with Crippen molar-refractivity contribution in [2.45, 2.75) is 20.3 Å². The molecule has 0 aliphatic carbocycles. The van der Waals surface area contributed by atoms with Crippen LogP contribution in [0, 0.1) is 0 Å². The van der Waals surface area contributed by atoms with Gasteiger partial charge in [0.2, 0.25) is 10.1 Å². The summed E-state index contributed by atoms with van der Waals surface area (Å²) in [6.45, 7) is 4.84. The van der Waals surface area contributed by atoms with Gasteiger partial charge in [-0.2, -0.15) is 0 Å². The molecule has 1 N–H and O–H groups in total. The lowest BCUT2D eigenvalue weighted by atomic mass is 10.1. The van der Waals surface area contributed by atoms with Crippen LogP contribution in [-0.2, 0) is 6.42 Å². The van der Waals surface area contributed by atoms with Gasteiger partial charge in [0, 0.05) is 19.3 Å². The summed E-state index contributed by atoms with van der Waals surface area (Å²) < 4.78 is 0. The zero-order valence-electron chi connectivity index (χ0n) is 11.9. The van der Waals surface area contributed by atoms with E-state index in [0.717, 1.165) is 18.7 Å². The van der Waals surface area contributed by atoms with Crippen LogP contribution in [0.25, 0.3) is 0 Å². The topological polar surface area (TPSA) is 58.1 Å². The number of rotatable bonds is 5. The van der Waals surface area contributed by atoms with Gasteiger partial charge in [-0.15, -0.1) is 10.2 Å². The zero-order chi connectivity index (χ0) is 14.5. The lowest BCUT2D eigenvalue weighted by Gasteiger charge is -2.15. The van der Waals surface area contributed by atoms with Crippen molar-refractivity contribution in [3.8, 4) is 0 Å². The first-order valence-electron chi connectivity index (χ1n) is 6.60. The summed E-state index contributed by atoms with van der Waals surface area (Å²) in [5, 5.41) is 12.0. The second kappa shape index (κ2) is 6.47. The lowest BCUT2D eigenvalue weighted by molar-refractivity contribution is 0.0992. The van der Waals surface area contributed by atoms with Gasteiger partial charge in [0.1, 0.15) is 0 Å². The second-order valence-corrected chi connectivity index (χ2v) is 5.30. The quantitative estimate of drug-likeness (QED) is 0.920. The maximum absolute atomic E-state index is 12.3. The average Bonchev–Trinajstić information content (AvgIpc) is 2.95. The Morgan fingerprint density at radius 1 is 1.25 bits per heavy atom. The highest BCUT2D eigenvalue weighted by molar-refractivity contribution is 7.17. The van der Waals surface area contributed by atoms with E-state index in [2.05, 4.69) is 22.4 Å². The second-order valence-electron chi connectivity index (χ2n) is 4.33. The molecular weight excluding hydrogens is 272 g/mol. The molecule has 2 rings (SSSR count). The summed E-state index contributed by atoms with van der Waals surface area (Å²) in [5.74, 6) is -0.143. The van der Waals surface area contributed by atoms with Gasteiger partial charge < -0.3 is 10.2 Å². The van der Waals surface area contributed by atoms with Gasteiger partial charge in [0.25, 0.3) is 5.91 Å². The third-order valence-corrected chi connectivity index (χ3v) is 3.84. The molecule has 106 valence electrons. The van der Waals surface area contributed by atoms with E-state index in [1.54, 1.807) is 11.9 Å². The summed E-state index contributed by atoms with van der Waals surface area (Å²) in [5.41, 5.74) is 2.10. The van der Waals surface area contributed by atoms with Crippen LogP contribution in [0.2, 0.25) is 0 Å². The Morgan fingerprint density at radius 2 is 1.95 bits per heavy atom. The van der Waals surface area contributed by atoms with Gasteiger partial charge >= 0.3 is 0 Å². The van der Waals surface area contributed by atoms with E-state index in [0.29, 0.717) is 10.1 Å². The standard InChI is InChI=1S/C14H18N4OS/c1-4-10-6-8-11(9-7-10)18(3)13(19)12-16-17-14(20-12)15-5-2/h6-9H,4-5H2,1-3H3,(H,15,17). The van der Waals surface area contributed by atoms with Gasteiger partial charge in [-0.05, 0) is 31.0 Å². The van der Waals surface area contributed by atoms with Crippen molar-refractivity contribution in [1.29, 1.82) is 0 Å². The van der Waals surface area contributed by atoms with Crippen LogP contribution in [0.4, 0.5) is 10.8 Å². The fourth-order valence-electron chi connectivity index (χ4n) is 1.75. The number of nitrogens with zero attached hydrogens (tertiary/aromatic N) is 3. The molecule has 1 amide bonds. The fraction of sp³-hybridized carbons (Fsp3) is 0.357. The largest absolute Gasteiger partial charge is 0.360 e. The number of aromatic nitrogens is 2. The third-order valence-electron chi connectivity index (χ3n) is 2.97. The van der Waals surface area contributed by atoms with Crippen molar-refractivity contribution in [2.24, 2.45) is 0 Å². The minimum Gasteiger partial charge on any atom is -0.360 e. The van der Waals surface area contributed by atoms with E-state index < -0.39 is 0 Å². The molecule has 1 heterocycles. The van der Waals surface area contributed by atoms with Crippen molar-refractivity contribution in [2.75, 3.05) is 23.8 Å². The summed E-state index contributed by atoms with van der Waals surface area (Å²) >= 11 is 1.27. The molecule has 0 unspecified atom stereocenters. The van der Waals surface area contributed by atoms with Crippen LogP contribution >= 0.6 is 11.3 Å². The SMILES string of the molecule is CCNc1nnc(C(=O)N(C)c2ccc(CC)cc2)s1. The zero-order valence-corrected chi connectivity index (χ0v) is 12.7. The summed E-state index contributed by atoms with van der Waals surface area (Å²) in [6, 6.07) is 7.96. The van der Waals surface area contributed by atoms with E-state index in [1.807, 2.05) is 31.2 Å². The molecule has 6 heteroatoms. The molecule has 0 fully saturated rings. The predicted octanol–water partition coefficient (Wildman–Crippen LogP) is 2.81. The highest BCUT2D eigenvalue weighted by atomic mass is 32.1. The molecule has 0 atom stereocenters.